The number of para-hydroxylation sites is 1. The smallest absolute Gasteiger partial charge is 0.0708 e. The Morgan fingerprint density at radius 3 is 2.50 bits per heavy atom. The van der Waals surface area contributed by atoms with Crippen molar-refractivity contribution in [3.63, 3.8) is 0 Å². The molecule has 0 amide bonds. The van der Waals surface area contributed by atoms with Crippen LogP contribution in [0.3, 0.4) is 0 Å². The van der Waals surface area contributed by atoms with E-state index in [2.05, 4.69) is 45.4 Å². The normalized spacial score (nSPS) is 9.75. The maximum Gasteiger partial charge on any atom is 0.0708 e. The summed E-state index contributed by atoms with van der Waals surface area (Å²) in [5, 5.41) is 1.29. The topological polar surface area (TPSA) is 12.9 Å². The highest BCUT2D eigenvalue weighted by Gasteiger charge is 2.02. The maximum atomic E-state index is 4.58. The molecule has 2 heteroatoms. The van der Waals surface area contributed by atoms with Crippen LogP contribution in [-0.4, -0.2) is 4.98 Å². The number of hydrogen-bond donors (Lipinski definition) is 0. The van der Waals surface area contributed by atoms with E-state index in [4.69, 9.17) is 0 Å². The van der Waals surface area contributed by atoms with Crippen molar-refractivity contribution in [3.05, 3.63) is 41.6 Å². The maximum absolute atomic E-state index is 4.58. The molecule has 0 radical (unpaired) electrons. The molecular formula is C14H20NP. The van der Waals surface area contributed by atoms with Gasteiger partial charge >= 0.3 is 0 Å². The Kier molecular flexibility index (Phi) is 5.42. The second-order valence-corrected chi connectivity index (χ2v) is 3.76. The Morgan fingerprint density at radius 1 is 1.19 bits per heavy atom. The third-order valence-electron chi connectivity index (χ3n) is 2.44. The largest absolute Gasteiger partial charge is 0.252 e. The molecule has 0 aliphatic rings. The Labute approximate surface area is 100 Å². The fourth-order valence-corrected chi connectivity index (χ4v) is 1.91. The Bertz CT molecular complexity index is 451. The highest BCUT2D eigenvalue weighted by atomic mass is 31.0. The predicted octanol–water partition coefficient (Wildman–Crippen LogP) is 4.20. The number of rotatable bonds is 2. The molecule has 0 N–H and O–H groups in total. The van der Waals surface area contributed by atoms with Gasteiger partial charge in [-0.3, -0.25) is 4.98 Å². The molecule has 1 aromatic heterocycles. The summed E-state index contributed by atoms with van der Waals surface area (Å²) in [7, 11) is 2.72. The molecule has 1 heterocycles. The van der Waals surface area contributed by atoms with Crippen molar-refractivity contribution in [2.24, 2.45) is 0 Å². The third-order valence-corrected chi connectivity index (χ3v) is 2.86. The lowest BCUT2D eigenvalue weighted by atomic mass is 10.1. The molecule has 0 saturated heterocycles. The molecule has 1 aromatic carbocycles. The molecule has 2 aromatic rings. The molecule has 0 saturated carbocycles. The van der Waals surface area contributed by atoms with E-state index in [1.54, 1.807) is 0 Å². The zero-order valence-corrected chi connectivity index (χ0v) is 11.5. The van der Waals surface area contributed by atoms with Crippen LogP contribution in [0.5, 0.6) is 0 Å². The van der Waals surface area contributed by atoms with Crippen molar-refractivity contribution < 1.29 is 0 Å². The highest BCUT2D eigenvalue weighted by molar-refractivity contribution is 7.15. The van der Waals surface area contributed by atoms with Crippen LogP contribution >= 0.6 is 9.24 Å². The lowest BCUT2D eigenvalue weighted by Crippen LogP contribution is -1.92. The van der Waals surface area contributed by atoms with Crippen LogP contribution in [-0.2, 0) is 12.6 Å². The minimum atomic E-state index is 0.928. The van der Waals surface area contributed by atoms with E-state index in [9.17, 15) is 0 Å². The van der Waals surface area contributed by atoms with Gasteiger partial charge in [-0.15, -0.1) is 9.24 Å². The quantitative estimate of drug-likeness (QED) is 0.708. The molecule has 1 unspecified atom stereocenters. The van der Waals surface area contributed by atoms with E-state index >= 15 is 0 Å². The lowest BCUT2D eigenvalue weighted by molar-refractivity contribution is 1.12. The van der Waals surface area contributed by atoms with Gasteiger partial charge in [0, 0.05) is 17.2 Å². The van der Waals surface area contributed by atoms with Crippen LogP contribution in [0.15, 0.2) is 30.3 Å². The molecule has 0 aliphatic carbocycles. The van der Waals surface area contributed by atoms with E-state index in [-0.39, 0.29) is 0 Å². The van der Waals surface area contributed by atoms with Crippen molar-refractivity contribution >= 4 is 20.1 Å². The molecule has 0 spiro atoms. The van der Waals surface area contributed by atoms with Crippen LogP contribution in [0.25, 0.3) is 10.9 Å². The van der Waals surface area contributed by atoms with Gasteiger partial charge in [-0.25, -0.2) is 0 Å². The molecule has 1 nitrogen and oxygen atoms in total. The van der Waals surface area contributed by atoms with Crippen molar-refractivity contribution in [1.82, 2.24) is 4.98 Å². The summed E-state index contributed by atoms with van der Waals surface area (Å²) >= 11 is 0. The number of fused-ring (bicyclic) bond motifs is 1. The van der Waals surface area contributed by atoms with Gasteiger partial charge in [0.2, 0.25) is 0 Å². The molecule has 16 heavy (non-hydrogen) atoms. The van der Waals surface area contributed by atoms with Gasteiger partial charge in [0.15, 0.2) is 0 Å². The Hall–Kier alpha value is -0.940. The average Bonchev–Trinajstić information content (AvgIpc) is 2.39. The Morgan fingerprint density at radius 2 is 1.88 bits per heavy atom. The van der Waals surface area contributed by atoms with Gasteiger partial charge < -0.3 is 0 Å². The zero-order chi connectivity index (χ0) is 12.0. The first-order chi connectivity index (χ1) is 7.85. The van der Waals surface area contributed by atoms with Crippen LogP contribution in [0.1, 0.15) is 32.0 Å². The summed E-state index contributed by atoms with van der Waals surface area (Å²) in [4.78, 5) is 4.58. The van der Waals surface area contributed by atoms with Crippen LogP contribution < -0.4 is 0 Å². The van der Waals surface area contributed by atoms with Gasteiger partial charge in [-0.05, 0) is 24.1 Å². The fraction of sp³-hybridized carbons (Fsp3) is 0.357. The molecule has 0 fully saturated rings. The molecular weight excluding hydrogens is 213 g/mol. The third kappa shape index (κ3) is 2.80. The SMILES string of the molecule is CC.CCc1cc(CP)nc2ccccc12. The van der Waals surface area contributed by atoms with E-state index in [1.165, 1.54) is 10.9 Å². The van der Waals surface area contributed by atoms with Crippen molar-refractivity contribution in [2.45, 2.75) is 33.4 Å². The number of nitrogens with zero attached hydrogens (tertiary/aromatic N) is 1. The summed E-state index contributed by atoms with van der Waals surface area (Å²) in [6.07, 6.45) is 2.00. The molecule has 86 valence electrons. The molecule has 0 bridgehead atoms. The second kappa shape index (κ2) is 6.60. The summed E-state index contributed by atoms with van der Waals surface area (Å²) < 4.78 is 0. The molecule has 1 atom stereocenters. The standard InChI is InChI=1S/C12H14NP.C2H6/c1-2-9-7-10(8-14)13-12-6-4-3-5-11(9)12;1-2/h3-7H,2,8,14H2,1H3;1-2H3. The highest BCUT2D eigenvalue weighted by Crippen LogP contribution is 2.19. The van der Waals surface area contributed by atoms with Crippen molar-refractivity contribution in [3.8, 4) is 0 Å². The van der Waals surface area contributed by atoms with E-state index in [1.807, 2.05) is 19.9 Å². The number of benzene rings is 1. The number of aryl methyl sites for hydroxylation is 1. The summed E-state index contributed by atoms with van der Waals surface area (Å²) in [5.41, 5.74) is 3.67. The minimum absolute atomic E-state index is 0.928. The first-order valence-electron chi connectivity index (χ1n) is 5.92. The van der Waals surface area contributed by atoms with Crippen LogP contribution in [0.2, 0.25) is 0 Å². The van der Waals surface area contributed by atoms with Gasteiger partial charge in [0.05, 0.1) is 5.52 Å². The van der Waals surface area contributed by atoms with Crippen LogP contribution in [0.4, 0.5) is 0 Å². The van der Waals surface area contributed by atoms with Gasteiger partial charge in [0.25, 0.3) is 0 Å². The van der Waals surface area contributed by atoms with Gasteiger partial charge in [-0.2, -0.15) is 0 Å². The van der Waals surface area contributed by atoms with Crippen molar-refractivity contribution in [2.75, 3.05) is 0 Å². The minimum Gasteiger partial charge on any atom is -0.252 e. The summed E-state index contributed by atoms with van der Waals surface area (Å²) in [6, 6.07) is 10.5. The van der Waals surface area contributed by atoms with Crippen LogP contribution in [0, 0.1) is 0 Å². The van der Waals surface area contributed by atoms with E-state index < -0.39 is 0 Å². The molecule has 0 aliphatic heterocycles. The zero-order valence-electron chi connectivity index (χ0n) is 10.3. The average molecular weight is 233 g/mol. The number of aromatic nitrogens is 1. The number of pyridine rings is 1. The van der Waals surface area contributed by atoms with Crippen molar-refractivity contribution in [1.29, 1.82) is 0 Å². The van der Waals surface area contributed by atoms with Gasteiger partial charge in [0.1, 0.15) is 0 Å². The fourth-order valence-electron chi connectivity index (χ4n) is 1.71. The monoisotopic (exact) mass is 233 g/mol. The number of hydrogen-bond acceptors (Lipinski definition) is 1. The first-order valence-corrected chi connectivity index (χ1v) is 6.74. The first kappa shape index (κ1) is 13.1. The van der Waals surface area contributed by atoms with E-state index in [0.717, 1.165) is 23.8 Å². The van der Waals surface area contributed by atoms with Gasteiger partial charge in [-0.1, -0.05) is 39.0 Å². The lowest BCUT2D eigenvalue weighted by Gasteiger charge is -2.06. The summed E-state index contributed by atoms with van der Waals surface area (Å²) in [6.45, 7) is 6.19. The second-order valence-electron chi connectivity index (χ2n) is 3.35. The Balaban J connectivity index is 0.000000606. The predicted molar refractivity (Wildman–Crippen MR) is 75.9 cm³/mol. The van der Waals surface area contributed by atoms with E-state index in [0.29, 0.717) is 0 Å². The summed E-state index contributed by atoms with van der Waals surface area (Å²) in [5.74, 6) is 0. The molecule has 2 rings (SSSR count).